The van der Waals surface area contributed by atoms with Crippen molar-refractivity contribution in [2.45, 2.75) is 25.4 Å². The number of anilines is 1. The molecule has 124 valence electrons. The third kappa shape index (κ3) is 2.46. The number of aromatic nitrogens is 2. The molecule has 1 aromatic carbocycles. The first kappa shape index (κ1) is 15.5. The molecule has 1 saturated heterocycles. The molecule has 24 heavy (non-hydrogen) atoms. The maximum Gasteiger partial charge on any atom is 0.157 e. The van der Waals surface area contributed by atoms with Gasteiger partial charge in [-0.15, -0.1) is 0 Å². The molecule has 0 amide bonds. The summed E-state index contributed by atoms with van der Waals surface area (Å²) in [5, 5.41) is 13.8. The molecule has 0 radical (unpaired) electrons. The minimum absolute atomic E-state index is 0.134. The molecule has 2 heterocycles. The fourth-order valence-electron chi connectivity index (χ4n) is 2.89. The van der Waals surface area contributed by atoms with Crippen LogP contribution in [0, 0.1) is 17.1 Å². The van der Waals surface area contributed by atoms with Crippen LogP contribution in [0.1, 0.15) is 24.8 Å². The van der Waals surface area contributed by atoms with E-state index in [1.54, 1.807) is 24.0 Å². The summed E-state index contributed by atoms with van der Waals surface area (Å²) in [5.74, 6) is 0.0742. The molecule has 2 aliphatic rings. The maximum absolute atomic E-state index is 15.3. The molecule has 7 heteroatoms. The molecule has 5 nitrogen and oxygen atoms in total. The third-order valence-electron chi connectivity index (χ3n) is 4.47. The number of nitrogens with zero attached hydrogens (tertiary/aromatic N) is 4. The molecule has 1 aliphatic heterocycles. The Bertz CT molecular complexity index is 830. The van der Waals surface area contributed by atoms with E-state index < -0.39 is 5.82 Å². The lowest BCUT2D eigenvalue weighted by Crippen LogP contribution is -2.37. The van der Waals surface area contributed by atoms with Gasteiger partial charge in [-0.05, 0) is 35.2 Å². The first-order chi connectivity index (χ1) is 11.6. The highest BCUT2D eigenvalue weighted by Gasteiger charge is 2.31. The minimum Gasteiger partial charge on any atom is -0.489 e. The largest absolute Gasteiger partial charge is 0.489 e. The summed E-state index contributed by atoms with van der Waals surface area (Å²) in [6.45, 7) is 1.63. The van der Waals surface area contributed by atoms with Gasteiger partial charge in [0.15, 0.2) is 5.82 Å². The van der Waals surface area contributed by atoms with E-state index in [2.05, 4.69) is 27.1 Å². The Hall–Kier alpha value is -2.07. The molecule has 4 rings (SSSR count). The van der Waals surface area contributed by atoms with Crippen molar-refractivity contribution in [2.24, 2.45) is 7.05 Å². The first-order valence-electron chi connectivity index (χ1n) is 7.96. The fraction of sp³-hybridized carbons (Fsp3) is 0.412. The average molecular weight is 391 g/mol. The summed E-state index contributed by atoms with van der Waals surface area (Å²) in [7, 11) is 1.73. The number of aryl methyl sites for hydroxylation is 1. The number of halogens is 2. The lowest BCUT2D eigenvalue weighted by Gasteiger charge is -2.34. The van der Waals surface area contributed by atoms with E-state index in [0.717, 1.165) is 32.4 Å². The van der Waals surface area contributed by atoms with Crippen LogP contribution in [-0.4, -0.2) is 29.0 Å². The van der Waals surface area contributed by atoms with Crippen molar-refractivity contribution in [3.8, 4) is 23.1 Å². The van der Waals surface area contributed by atoms with Gasteiger partial charge in [0.2, 0.25) is 0 Å². The molecule has 0 atom stereocenters. The molecule has 1 aromatic heterocycles. The fourth-order valence-corrected chi connectivity index (χ4v) is 3.44. The lowest BCUT2D eigenvalue weighted by atomic mass is 10.00. The van der Waals surface area contributed by atoms with E-state index in [9.17, 15) is 5.26 Å². The molecular weight excluding hydrogens is 375 g/mol. The SMILES string of the molecule is Cn1ncc(Br)c1-c1c(F)c(N2CCC2)cc(OC2CC2)c1C#N. The monoisotopic (exact) mass is 390 g/mol. The van der Waals surface area contributed by atoms with Crippen molar-refractivity contribution >= 4 is 21.6 Å². The van der Waals surface area contributed by atoms with Crippen LogP contribution in [-0.2, 0) is 7.05 Å². The zero-order valence-electron chi connectivity index (χ0n) is 13.2. The van der Waals surface area contributed by atoms with Gasteiger partial charge in [-0.25, -0.2) is 4.39 Å². The zero-order valence-corrected chi connectivity index (χ0v) is 14.8. The molecule has 2 fully saturated rings. The number of hydrogen-bond donors (Lipinski definition) is 0. The van der Waals surface area contributed by atoms with Crippen molar-refractivity contribution < 1.29 is 9.13 Å². The van der Waals surface area contributed by atoms with Crippen LogP contribution in [0.2, 0.25) is 0 Å². The Kier molecular flexibility index (Phi) is 3.72. The summed E-state index contributed by atoms with van der Waals surface area (Å²) in [6, 6.07) is 3.82. The maximum atomic E-state index is 15.3. The predicted octanol–water partition coefficient (Wildman–Crippen LogP) is 3.61. The third-order valence-corrected chi connectivity index (χ3v) is 5.05. The second kappa shape index (κ2) is 5.78. The van der Waals surface area contributed by atoms with Crippen molar-refractivity contribution in [1.29, 1.82) is 5.26 Å². The van der Waals surface area contributed by atoms with E-state index >= 15 is 4.39 Å². The van der Waals surface area contributed by atoms with E-state index in [4.69, 9.17) is 4.74 Å². The number of ether oxygens (including phenoxy) is 1. The van der Waals surface area contributed by atoms with Crippen LogP contribution >= 0.6 is 15.9 Å². The molecule has 0 spiro atoms. The topological polar surface area (TPSA) is 54.1 Å². The quantitative estimate of drug-likeness (QED) is 0.799. The van der Waals surface area contributed by atoms with Gasteiger partial charge in [0.1, 0.15) is 17.4 Å². The van der Waals surface area contributed by atoms with Crippen LogP contribution < -0.4 is 9.64 Å². The molecule has 0 bridgehead atoms. The predicted molar refractivity (Wildman–Crippen MR) is 91.5 cm³/mol. The van der Waals surface area contributed by atoms with Gasteiger partial charge in [-0.1, -0.05) is 0 Å². The van der Waals surface area contributed by atoms with E-state index in [1.807, 2.05) is 4.90 Å². The molecule has 2 aromatic rings. The van der Waals surface area contributed by atoms with Gasteiger partial charge in [0.25, 0.3) is 0 Å². The number of hydrogen-bond acceptors (Lipinski definition) is 4. The number of nitriles is 1. The minimum atomic E-state index is -0.390. The highest BCUT2D eigenvalue weighted by atomic mass is 79.9. The van der Waals surface area contributed by atoms with Crippen LogP contribution in [0.3, 0.4) is 0 Å². The summed E-state index contributed by atoms with van der Waals surface area (Å²) < 4.78 is 23.5. The zero-order chi connectivity index (χ0) is 16.8. The molecular formula is C17H16BrFN4O. The summed E-state index contributed by atoms with van der Waals surface area (Å²) in [5.41, 5.74) is 1.53. The molecule has 1 saturated carbocycles. The second-order valence-electron chi connectivity index (χ2n) is 6.19. The molecule has 0 unspecified atom stereocenters. The standard InChI is InChI=1S/C17H16BrFN4O/c1-22-17(12(18)9-21-22)15-11(8-20)14(24-10-3-4-10)7-13(16(15)19)23-5-2-6-23/h7,9-10H,2-6H2,1H3. The van der Waals surface area contributed by atoms with Gasteiger partial charge >= 0.3 is 0 Å². The van der Waals surface area contributed by atoms with E-state index in [1.165, 1.54) is 0 Å². The van der Waals surface area contributed by atoms with Crippen molar-refractivity contribution in [3.63, 3.8) is 0 Å². The van der Waals surface area contributed by atoms with Gasteiger partial charge in [-0.3, -0.25) is 4.68 Å². The Labute approximate surface area is 147 Å². The second-order valence-corrected chi connectivity index (χ2v) is 7.05. The highest BCUT2D eigenvalue weighted by molar-refractivity contribution is 9.10. The number of benzene rings is 1. The highest BCUT2D eigenvalue weighted by Crippen LogP contribution is 2.43. The smallest absolute Gasteiger partial charge is 0.157 e. The van der Waals surface area contributed by atoms with Crippen molar-refractivity contribution in [2.75, 3.05) is 18.0 Å². The average Bonchev–Trinajstić information content (AvgIpc) is 3.26. The molecule has 1 aliphatic carbocycles. The van der Waals surface area contributed by atoms with Gasteiger partial charge < -0.3 is 9.64 Å². The summed E-state index contributed by atoms with van der Waals surface area (Å²) >= 11 is 3.42. The van der Waals surface area contributed by atoms with Gasteiger partial charge in [0, 0.05) is 26.2 Å². The van der Waals surface area contributed by atoms with Crippen molar-refractivity contribution in [3.05, 3.63) is 28.1 Å². The Balaban J connectivity index is 1.96. The van der Waals surface area contributed by atoms with E-state index in [-0.39, 0.29) is 17.2 Å². The van der Waals surface area contributed by atoms with Crippen LogP contribution in [0.4, 0.5) is 10.1 Å². The lowest BCUT2D eigenvalue weighted by molar-refractivity contribution is 0.302. The Morgan fingerprint density at radius 3 is 2.67 bits per heavy atom. The molecule has 0 N–H and O–H groups in total. The first-order valence-corrected chi connectivity index (χ1v) is 8.75. The van der Waals surface area contributed by atoms with Gasteiger partial charge in [-0.2, -0.15) is 10.4 Å². The van der Waals surface area contributed by atoms with Crippen LogP contribution in [0.25, 0.3) is 11.3 Å². The summed E-state index contributed by atoms with van der Waals surface area (Å²) in [4.78, 5) is 1.98. The van der Waals surface area contributed by atoms with Crippen LogP contribution in [0.15, 0.2) is 16.7 Å². The Morgan fingerprint density at radius 2 is 2.17 bits per heavy atom. The normalized spacial score (nSPS) is 16.7. The van der Waals surface area contributed by atoms with Gasteiger partial charge in [0.05, 0.1) is 33.7 Å². The van der Waals surface area contributed by atoms with Crippen LogP contribution in [0.5, 0.6) is 5.75 Å². The summed E-state index contributed by atoms with van der Waals surface area (Å²) in [6.07, 6.45) is 4.74. The Morgan fingerprint density at radius 1 is 1.42 bits per heavy atom. The number of rotatable bonds is 4. The van der Waals surface area contributed by atoms with Crippen molar-refractivity contribution in [1.82, 2.24) is 9.78 Å². The van der Waals surface area contributed by atoms with E-state index in [0.29, 0.717) is 21.6 Å².